The molecule has 3 nitrogen and oxygen atoms in total. The Morgan fingerprint density at radius 1 is 1.47 bits per heavy atom. The van der Waals surface area contributed by atoms with Crippen molar-refractivity contribution in [1.29, 1.82) is 0 Å². The monoisotopic (exact) mass is 202 g/mol. The minimum atomic E-state index is -0.256. The van der Waals surface area contributed by atoms with Gasteiger partial charge in [0.2, 0.25) is 0 Å². The lowest BCUT2D eigenvalue weighted by molar-refractivity contribution is 0.0873. The van der Waals surface area contributed by atoms with Crippen molar-refractivity contribution in [2.24, 2.45) is 0 Å². The van der Waals surface area contributed by atoms with Gasteiger partial charge in [0, 0.05) is 24.0 Å². The van der Waals surface area contributed by atoms with Crippen LogP contribution in [0.3, 0.4) is 0 Å². The summed E-state index contributed by atoms with van der Waals surface area (Å²) in [6.07, 6.45) is 7.65. The maximum atomic E-state index is 12.3. The normalized spacial score (nSPS) is 33.2. The molecule has 0 spiro atoms. The molecule has 0 aromatic carbocycles. The third-order valence-electron chi connectivity index (χ3n) is 3.68. The molecule has 1 N–H and O–H groups in total. The summed E-state index contributed by atoms with van der Waals surface area (Å²) in [5.74, 6) is 0.232. The van der Waals surface area contributed by atoms with Crippen molar-refractivity contribution in [2.75, 3.05) is 0 Å². The fourth-order valence-corrected chi connectivity index (χ4v) is 2.86. The van der Waals surface area contributed by atoms with Crippen molar-refractivity contribution in [3.63, 3.8) is 0 Å². The van der Waals surface area contributed by atoms with Crippen molar-refractivity contribution in [2.45, 2.75) is 37.3 Å². The number of pyridine rings is 1. The highest BCUT2D eigenvalue weighted by Crippen LogP contribution is 2.39. The summed E-state index contributed by atoms with van der Waals surface area (Å²) in [7, 11) is 0. The van der Waals surface area contributed by atoms with Gasteiger partial charge in [0.25, 0.3) is 0 Å². The van der Waals surface area contributed by atoms with Crippen molar-refractivity contribution < 1.29 is 4.79 Å². The van der Waals surface area contributed by atoms with Gasteiger partial charge in [0.05, 0.1) is 5.54 Å². The molecule has 3 heterocycles. The Labute approximate surface area is 88.9 Å². The van der Waals surface area contributed by atoms with Crippen LogP contribution >= 0.6 is 0 Å². The molecule has 0 amide bonds. The molecule has 1 aromatic heterocycles. The number of hydrogen-bond donors (Lipinski definition) is 1. The molecule has 2 aliphatic rings. The Morgan fingerprint density at radius 3 is 2.80 bits per heavy atom. The van der Waals surface area contributed by atoms with E-state index in [1.165, 1.54) is 0 Å². The third kappa shape index (κ3) is 1.30. The van der Waals surface area contributed by atoms with Crippen LogP contribution in [0.15, 0.2) is 24.5 Å². The zero-order chi connectivity index (χ0) is 10.3. The minimum Gasteiger partial charge on any atom is -0.302 e. The first kappa shape index (κ1) is 9.04. The number of carbonyl (C=O) groups excluding carboxylic acids is 1. The number of hydrogen-bond acceptors (Lipinski definition) is 3. The summed E-state index contributed by atoms with van der Waals surface area (Å²) in [4.78, 5) is 16.3. The first-order valence-corrected chi connectivity index (χ1v) is 5.53. The van der Waals surface area contributed by atoms with Gasteiger partial charge in [-0.3, -0.25) is 9.78 Å². The van der Waals surface area contributed by atoms with Crippen molar-refractivity contribution in [1.82, 2.24) is 10.3 Å². The molecule has 0 atom stereocenters. The van der Waals surface area contributed by atoms with Crippen LogP contribution in [-0.4, -0.2) is 22.3 Å². The maximum Gasteiger partial charge on any atom is 0.184 e. The lowest BCUT2D eigenvalue weighted by Crippen LogP contribution is -2.44. The van der Waals surface area contributed by atoms with Gasteiger partial charge in [0.15, 0.2) is 5.78 Å². The van der Waals surface area contributed by atoms with E-state index >= 15 is 0 Å². The Hall–Kier alpha value is -1.22. The van der Waals surface area contributed by atoms with Gasteiger partial charge in [-0.05, 0) is 37.8 Å². The number of fused-ring (bicyclic) bond motifs is 2. The standard InChI is InChI=1S/C12H14N2O/c15-11(9-2-1-7-13-8-9)12-5-3-10(14-12)4-6-12/h1-2,7-8,10,14H,3-6H2. The van der Waals surface area contributed by atoms with E-state index in [4.69, 9.17) is 0 Å². The molecule has 0 aliphatic carbocycles. The average molecular weight is 202 g/mol. The molecule has 2 aliphatic heterocycles. The molecule has 0 unspecified atom stereocenters. The number of nitrogens with zero attached hydrogens (tertiary/aromatic N) is 1. The highest BCUT2D eigenvalue weighted by atomic mass is 16.1. The Balaban J connectivity index is 1.92. The lowest BCUT2D eigenvalue weighted by atomic mass is 9.82. The Bertz CT molecular complexity index is 380. The predicted octanol–water partition coefficient (Wildman–Crippen LogP) is 1.55. The molecular formula is C12H14N2O. The summed E-state index contributed by atoms with van der Waals surface area (Å²) in [5, 5.41) is 3.46. The second kappa shape index (κ2) is 3.14. The summed E-state index contributed by atoms with van der Waals surface area (Å²) in [6, 6.07) is 4.26. The topological polar surface area (TPSA) is 42.0 Å². The maximum absolute atomic E-state index is 12.3. The second-order valence-electron chi connectivity index (χ2n) is 4.57. The number of Topliss-reactive ketones (excluding diaryl/α,β-unsaturated/α-hetero) is 1. The molecule has 78 valence electrons. The summed E-state index contributed by atoms with van der Waals surface area (Å²) < 4.78 is 0. The molecule has 0 saturated carbocycles. The number of ketones is 1. The minimum absolute atomic E-state index is 0.232. The van der Waals surface area contributed by atoms with Crippen LogP contribution in [0.5, 0.6) is 0 Å². The van der Waals surface area contributed by atoms with E-state index in [2.05, 4.69) is 10.3 Å². The molecule has 2 fully saturated rings. The Kier molecular flexibility index (Phi) is 1.89. The van der Waals surface area contributed by atoms with Crippen LogP contribution < -0.4 is 5.32 Å². The van der Waals surface area contributed by atoms with E-state index < -0.39 is 0 Å². The average Bonchev–Trinajstić information content (AvgIpc) is 2.90. The van der Waals surface area contributed by atoms with Gasteiger partial charge in [0.1, 0.15) is 0 Å². The van der Waals surface area contributed by atoms with Crippen molar-refractivity contribution in [3.05, 3.63) is 30.1 Å². The largest absolute Gasteiger partial charge is 0.302 e. The van der Waals surface area contributed by atoms with Gasteiger partial charge >= 0.3 is 0 Å². The highest BCUT2D eigenvalue weighted by Gasteiger charge is 2.49. The van der Waals surface area contributed by atoms with Crippen LogP contribution in [0.2, 0.25) is 0 Å². The van der Waals surface area contributed by atoms with E-state index in [0.29, 0.717) is 6.04 Å². The van der Waals surface area contributed by atoms with Crippen LogP contribution in [-0.2, 0) is 0 Å². The summed E-state index contributed by atoms with van der Waals surface area (Å²) in [6.45, 7) is 0. The molecule has 0 radical (unpaired) electrons. The zero-order valence-electron chi connectivity index (χ0n) is 8.57. The molecule has 2 saturated heterocycles. The summed E-state index contributed by atoms with van der Waals surface area (Å²) in [5.41, 5.74) is 0.487. The molecule has 3 heteroatoms. The van der Waals surface area contributed by atoms with Gasteiger partial charge in [-0.15, -0.1) is 0 Å². The summed E-state index contributed by atoms with van der Waals surface area (Å²) >= 11 is 0. The number of carbonyl (C=O) groups is 1. The smallest absolute Gasteiger partial charge is 0.184 e. The fraction of sp³-hybridized carbons (Fsp3) is 0.500. The van der Waals surface area contributed by atoms with Crippen LogP contribution in [0.25, 0.3) is 0 Å². The third-order valence-corrected chi connectivity index (χ3v) is 3.68. The van der Waals surface area contributed by atoms with Crippen LogP contribution in [0.4, 0.5) is 0 Å². The SMILES string of the molecule is O=C(c1cccnc1)C12CCC(CC1)N2. The zero-order valence-corrected chi connectivity index (χ0v) is 8.57. The Morgan fingerprint density at radius 2 is 2.27 bits per heavy atom. The van der Waals surface area contributed by atoms with E-state index in [0.717, 1.165) is 31.2 Å². The van der Waals surface area contributed by atoms with Crippen LogP contribution in [0, 0.1) is 0 Å². The number of rotatable bonds is 2. The molecule has 15 heavy (non-hydrogen) atoms. The quantitative estimate of drug-likeness (QED) is 0.740. The van der Waals surface area contributed by atoms with E-state index in [1.54, 1.807) is 12.4 Å². The van der Waals surface area contributed by atoms with Gasteiger partial charge < -0.3 is 5.32 Å². The van der Waals surface area contributed by atoms with E-state index in [-0.39, 0.29) is 11.3 Å². The first-order valence-electron chi connectivity index (χ1n) is 5.53. The lowest BCUT2D eigenvalue weighted by Gasteiger charge is -2.24. The van der Waals surface area contributed by atoms with Gasteiger partial charge in [-0.25, -0.2) is 0 Å². The highest BCUT2D eigenvalue weighted by molar-refractivity contribution is 6.03. The molecule has 1 aromatic rings. The fourth-order valence-electron chi connectivity index (χ4n) is 2.86. The van der Waals surface area contributed by atoms with Crippen molar-refractivity contribution >= 4 is 5.78 Å². The van der Waals surface area contributed by atoms with E-state index in [1.807, 2.05) is 12.1 Å². The van der Waals surface area contributed by atoms with Gasteiger partial charge in [-0.1, -0.05) is 0 Å². The number of aromatic nitrogens is 1. The van der Waals surface area contributed by atoms with Crippen molar-refractivity contribution in [3.8, 4) is 0 Å². The second-order valence-corrected chi connectivity index (χ2v) is 4.57. The number of nitrogens with one attached hydrogen (secondary N) is 1. The van der Waals surface area contributed by atoms with Gasteiger partial charge in [-0.2, -0.15) is 0 Å². The molecular weight excluding hydrogens is 188 g/mol. The molecule has 3 rings (SSSR count). The van der Waals surface area contributed by atoms with E-state index in [9.17, 15) is 4.79 Å². The predicted molar refractivity (Wildman–Crippen MR) is 56.7 cm³/mol. The molecule has 2 bridgehead atoms. The van der Waals surface area contributed by atoms with Crippen LogP contribution in [0.1, 0.15) is 36.0 Å². The first-order chi connectivity index (χ1) is 7.30.